The van der Waals surface area contributed by atoms with Crippen molar-refractivity contribution in [3.63, 3.8) is 0 Å². The number of benzene rings is 1. The predicted octanol–water partition coefficient (Wildman–Crippen LogP) is 3.60. The van der Waals surface area contributed by atoms with Crippen LogP contribution in [0.15, 0.2) is 42.7 Å². The van der Waals surface area contributed by atoms with Crippen molar-refractivity contribution in [1.29, 1.82) is 0 Å². The summed E-state index contributed by atoms with van der Waals surface area (Å²) in [5.74, 6) is 0. The molecule has 1 aromatic carbocycles. The van der Waals surface area contributed by atoms with Gasteiger partial charge in [-0.25, -0.2) is 4.68 Å². The Balaban J connectivity index is 0.000000337. The summed E-state index contributed by atoms with van der Waals surface area (Å²) in [6, 6.07) is 10.1. The first-order chi connectivity index (χ1) is 7.27. The Morgan fingerprint density at radius 3 is 2.20 bits per heavy atom. The zero-order valence-electron chi connectivity index (χ0n) is 9.64. The molecule has 2 nitrogen and oxygen atoms in total. The van der Waals surface area contributed by atoms with Gasteiger partial charge in [0.2, 0.25) is 0 Å². The molecule has 1 aromatic heterocycles. The van der Waals surface area contributed by atoms with Crippen LogP contribution in [0.5, 0.6) is 0 Å². The second-order valence-electron chi connectivity index (χ2n) is 3.50. The Kier molecular flexibility index (Phi) is 4.61. The van der Waals surface area contributed by atoms with E-state index in [1.165, 1.54) is 12.0 Å². The summed E-state index contributed by atoms with van der Waals surface area (Å²) in [4.78, 5) is 0. The van der Waals surface area contributed by atoms with Crippen LogP contribution in [0.1, 0.15) is 25.8 Å². The summed E-state index contributed by atoms with van der Waals surface area (Å²) < 4.78 is 1.87. The summed E-state index contributed by atoms with van der Waals surface area (Å²) in [6.07, 6.45) is 5.11. The van der Waals surface area contributed by atoms with Gasteiger partial charge in [-0.2, -0.15) is 5.10 Å². The molecule has 1 heterocycles. The van der Waals surface area contributed by atoms with Crippen LogP contribution in [-0.2, 0) is 0 Å². The van der Waals surface area contributed by atoms with Gasteiger partial charge >= 0.3 is 0 Å². The Hall–Kier alpha value is -1.57. The Labute approximate surface area is 91.6 Å². The van der Waals surface area contributed by atoms with E-state index in [1.54, 1.807) is 0 Å². The minimum absolute atomic E-state index is 1.10. The maximum atomic E-state index is 4.20. The fraction of sp³-hybridized carbons (Fsp3) is 0.308. The van der Waals surface area contributed by atoms with Crippen LogP contribution in [0, 0.1) is 6.92 Å². The van der Waals surface area contributed by atoms with Crippen molar-refractivity contribution in [1.82, 2.24) is 9.78 Å². The van der Waals surface area contributed by atoms with Gasteiger partial charge in [-0.05, 0) is 24.6 Å². The molecule has 0 saturated carbocycles. The van der Waals surface area contributed by atoms with Gasteiger partial charge in [0, 0.05) is 6.20 Å². The molecule has 0 fully saturated rings. The summed E-state index contributed by atoms with van der Waals surface area (Å²) in [5.41, 5.74) is 2.28. The average Bonchev–Trinajstić information content (AvgIpc) is 2.67. The van der Waals surface area contributed by atoms with E-state index in [4.69, 9.17) is 0 Å². The molecule has 2 aromatic rings. The second-order valence-corrected chi connectivity index (χ2v) is 3.50. The molecule has 0 aliphatic heterocycles. The normalized spacial score (nSPS) is 9.27. The summed E-state index contributed by atoms with van der Waals surface area (Å²) in [6.45, 7) is 6.28. The molecule has 0 amide bonds. The van der Waals surface area contributed by atoms with Crippen molar-refractivity contribution in [2.24, 2.45) is 0 Å². The Morgan fingerprint density at radius 2 is 1.73 bits per heavy atom. The molecule has 2 rings (SSSR count). The lowest BCUT2D eigenvalue weighted by Crippen LogP contribution is -1.92. The van der Waals surface area contributed by atoms with Crippen LogP contribution in [0.2, 0.25) is 0 Å². The van der Waals surface area contributed by atoms with Gasteiger partial charge in [-0.1, -0.05) is 38.5 Å². The maximum Gasteiger partial charge on any atom is 0.0645 e. The Morgan fingerprint density at radius 1 is 1.13 bits per heavy atom. The van der Waals surface area contributed by atoms with Crippen molar-refractivity contribution in [2.45, 2.75) is 27.2 Å². The van der Waals surface area contributed by atoms with Crippen LogP contribution < -0.4 is 0 Å². The number of aromatic nitrogens is 2. The first-order valence-corrected chi connectivity index (χ1v) is 5.34. The smallest absolute Gasteiger partial charge is 0.0645 e. The lowest BCUT2D eigenvalue weighted by atomic mass is 10.3. The van der Waals surface area contributed by atoms with Crippen LogP contribution in [0.4, 0.5) is 0 Å². The fourth-order valence-electron chi connectivity index (χ4n) is 1.13. The summed E-state index contributed by atoms with van der Waals surface area (Å²) >= 11 is 0. The number of aryl methyl sites for hydroxylation is 1. The monoisotopic (exact) mass is 202 g/mol. The molecule has 0 aliphatic carbocycles. The van der Waals surface area contributed by atoms with E-state index in [2.05, 4.69) is 18.9 Å². The largest absolute Gasteiger partial charge is 0.241 e. The molecule has 15 heavy (non-hydrogen) atoms. The number of hydrogen-bond donors (Lipinski definition) is 0. The predicted molar refractivity (Wildman–Crippen MR) is 64.3 cm³/mol. The molecule has 0 aliphatic rings. The number of hydrogen-bond acceptors (Lipinski definition) is 1. The van der Waals surface area contributed by atoms with E-state index in [0.29, 0.717) is 0 Å². The minimum Gasteiger partial charge on any atom is -0.241 e. The highest BCUT2D eigenvalue weighted by Crippen LogP contribution is 2.05. The third-order valence-electron chi connectivity index (χ3n) is 1.73. The molecular formula is C13H18N2. The molecule has 0 saturated heterocycles. The molecule has 0 spiro atoms. The van der Waals surface area contributed by atoms with Gasteiger partial charge in [0.25, 0.3) is 0 Å². The standard InChI is InChI=1S/C10H10N2.C3H8/c1-9-7-11-12(8-9)10-5-3-2-4-6-10;1-3-2/h2-8H,1H3;3H2,1-2H3. The highest BCUT2D eigenvalue weighted by Gasteiger charge is 1.94. The van der Waals surface area contributed by atoms with Gasteiger partial charge in [0.15, 0.2) is 0 Å². The van der Waals surface area contributed by atoms with Gasteiger partial charge in [-0.3, -0.25) is 0 Å². The fourth-order valence-corrected chi connectivity index (χ4v) is 1.13. The SMILES string of the molecule is CCC.Cc1cnn(-c2ccccc2)c1. The van der Waals surface area contributed by atoms with E-state index < -0.39 is 0 Å². The molecule has 0 N–H and O–H groups in total. The topological polar surface area (TPSA) is 17.8 Å². The third-order valence-corrected chi connectivity index (χ3v) is 1.73. The lowest BCUT2D eigenvalue weighted by molar-refractivity contribution is 0.880. The van der Waals surface area contributed by atoms with E-state index >= 15 is 0 Å². The molecule has 0 bridgehead atoms. The van der Waals surface area contributed by atoms with Gasteiger partial charge < -0.3 is 0 Å². The molecule has 80 valence electrons. The van der Waals surface area contributed by atoms with E-state index in [-0.39, 0.29) is 0 Å². The van der Waals surface area contributed by atoms with Crippen LogP contribution in [-0.4, -0.2) is 9.78 Å². The van der Waals surface area contributed by atoms with Crippen molar-refractivity contribution >= 4 is 0 Å². The van der Waals surface area contributed by atoms with E-state index in [1.807, 2.05) is 54.3 Å². The highest BCUT2D eigenvalue weighted by molar-refractivity contribution is 5.30. The molecule has 2 heteroatoms. The first kappa shape index (κ1) is 11.5. The van der Waals surface area contributed by atoms with Crippen molar-refractivity contribution in [3.8, 4) is 5.69 Å². The minimum atomic E-state index is 1.10. The summed E-state index contributed by atoms with van der Waals surface area (Å²) in [5, 5.41) is 4.20. The zero-order chi connectivity index (χ0) is 11.1. The first-order valence-electron chi connectivity index (χ1n) is 5.34. The van der Waals surface area contributed by atoms with Gasteiger partial charge in [-0.15, -0.1) is 0 Å². The third kappa shape index (κ3) is 3.58. The van der Waals surface area contributed by atoms with Crippen molar-refractivity contribution in [3.05, 3.63) is 48.3 Å². The van der Waals surface area contributed by atoms with E-state index in [9.17, 15) is 0 Å². The number of rotatable bonds is 1. The van der Waals surface area contributed by atoms with Gasteiger partial charge in [0.1, 0.15) is 0 Å². The van der Waals surface area contributed by atoms with Crippen LogP contribution in [0.3, 0.4) is 0 Å². The van der Waals surface area contributed by atoms with Crippen LogP contribution >= 0.6 is 0 Å². The average molecular weight is 202 g/mol. The number of nitrogens with zero attached hydrogens (tertiary/aromatic N) is 2. The molecule has 0 unspecified atom stereocenters. The van der Waals surface area contributed by atoms with Crippen molar-refractivity contribution in [2.75, 3.05) is 0 Å². The van der Waals surface area contributed by atoms with Crippen molar-refractivity contribution < 1.29 is 0 Å². The highest BCUT2D eigenvalue weighted by atomic mass is 15.3. The molecular weight excluding hydrogens is 184 g/mol. The van der Waals surface area contributed by atoms with Gasteiger partial charge in [0.05, 0.1) is 11.9 Å². The quantitative estimate of drug-likeness (QED) is 0.691. The van der Waals surface area contributed by atoms with E-state index in [0.717, 1.165) is 5.69 Å². The molecule has 0 atom stereocenters. The number of para-hydroxylation sites is 1. The molecule has 0 radical (unpaired) electrons. The second kappa shape index (κ2) is 6.02. The zero-order valence-corrected chi connectivity index (χ0v) is 9.64. The Bertz CT molecular complexity index is 376. The maximum absolute atomic E-state index is 4.20. The summed E-state index contributed by atoms with van der Waals surface area (Å²) in [7, 11) is 0. The lowest BCUT2D eigenvalue weighted by Gasteiger charge is -1.98. The van der Waals surface area contributed by atoms with Crippen LogP contribution in [0.25, 0.3) is 5.69 Å².